The first kappa shape index (κ1) is 15.3. The summed E-state index contributed by atoms with van der Waals surface area (Å²) in [4.78, 5) is 10.6. The average Bonchev–Trinajstić information content (AvgIpc) is 2.41. The van der Waals surface area contributed by atoms with Crippen LogP contribution < -0.4 is 15.8 Å². The number of primary amides is 1. The maximum Gasteiger partial charge on any atom is 0.255 e. The van der Waals surface area contributed by atoms with Gasteiger partial charge in [-0.25, -0.2) is 0 Å². The molecule has 0 radical (unpaired) electrons. The summed E-state index contributed by atoms with van der Waals surface area (Å²) in [6.45, 7) is 3.10. The van der Waals surface area contributed by atoms with E-state index in [2.05, 4.69) is 12.2 Å². The molecule has 0 aromatic heterocycles. The molecule has 4 heteroatoms. The summed E-state index contributed by atoms with van der Waals surface area (Å²) < 4.78 is 5.25. The van der Waals surface area contributed by atoms with E-state index in [-0.39, 0.29) is 6.61 Å². The fourth-order valence-electron chi connectivity index (χ4n) is 1.81. The molecule has 0 atom stereocenters. The van der Waals surface area contributed by atoms with E-state index in [0.717, 1.165) is 12.2 Å². The third-order valence-electron chi connectivity index (χ3n) is 2.82. The lowest BCUT2D eigenvalue weighted by Crippen LogP contribution is -2.20. The van der Waals surface area contributed by atoms with Gasteiger partial charge in [-0.05, 0) is 18.6 Å². The van der Waals surface area contributed by atoms with Gasteiger partial charge in [0.15, 0.2) is 6.61 Å². The van der Waals surface area contributed by atoms with Gasteiger partial charge in [0, 0.05) is 18.3 Å². The fraction of sp³-hybridized carbons (Fsp3) is 0.533. The number of hydrogen-bond donors (Lipinski definition) is 2. The molecule has 0 fully saturated rings. The summed E-state index contributed by atoms with van der Waals surface area (Å²) in [6.07, 6.45) is 6.33. The number of amides is 1. The van der Waals surface area contributed by atoms with Crippen molar-refractivity contribution in [2.45, 2.75) is 39.0 Å². The Kier molecular flexibility index (Phi) is 7.47. The van der Waals surface area contributed by atoms with Gasteiger partial charge in [0.25, 0.3) is 5.91 Å². The molecule has 3 N–H and O–H groups in total. The number of anilines is 1. The Morgan fingerprint density at radius 2 is 2.05 bits per heavy atom. The van der Waals surface area contributed by atoms with Crippen LogP contribution in [0.5, 0.6) is 5.75 Å². The summed E-state index contributed by atoms with van der Waals surface area (Å²) in [5, 5.41) is 3.35. The SMILES string of the molecule is CCCCCCCNc1cccc(OCC(N)=O)c1. The van der Waals surface area contributed by atoms with Crippen LogP contribution in [0.3, 0.4) is 0 Å². The van der Waals surface area contributed by atoms with Crippen molar-refractivity contribution >= 4 is 11.6 Å². The molecule has 0 aliphatic rings. The van der Waals surface area contributed by atoms with E-state index in [9.17, 15) is 4.79 Å². The molecule has 0 saturated carbocycles. The highest BCUT2D eigenvalue weighted by molar-refractivity contribution is 5.75. The molecule has 1 rings (SSSR count). The molecule has 0 spiro atoms. The number of rotatable bonds is 10. The first-order valence-electron chi connectivity index (χ1n) is 6.97. The molecule has 1 amide bonds. The van der Waals surface area contributed by atoms with Crippen molar-refractivity contribution in [1.82, 2.24) is 0 Å². The number of unbranched alkanes of at least 4 members (excludes halogenated alkanes) is 4. The smallest absolute Gasteiger partial charge is 0.255 e. The van der Waals surface area contributed by atoms with Crippen molar-refractivity contribution in [2.24, 2.45) is 5.73 Å². The van der Waals surface area contributed by atoms with Crippen LogP contribution in [0.4, 0.5) is 5.69 Å². The van der Waals surface area contributed by atoms with Crippen molar-refractivity contribution in [3.05, 3.63) is 24.3 Å². The largest absolute Gasteiger partial charge is 0.484 e. The van der Waals surface area contributed by atoms with E-state index in [1.165, 1.54) is 32.1 Å². The second-order valence-electron chi connectivity index (χ2n) is 4.62. The van der Waals surface area contributed by atoms with E-state index < -0.39 is 5.91 Å². The van der Waals surface area contributed by atoms with Gasteiger partial charge < -0.3 is 15.8 Å². The number of carbonyl (C=O) groups is 1. The number of nitrogens with two attached hydrogens (primary N) is 1. The number of benzene rings is 1. The number of nitrogens with one attached hydrogen (secondary N) is 1. The third kappa shape index (κ3) is 7.34. The van der Waals surface area contributed by atoms with Gasteiger partial charge in [0.05, 0.1) is 0 Å². The van der Waals surface area contributed by atoms with Crippen LogP contribution >= 0.6 is 0 Å². The van der Waals surface area contributed by atoms with Crippen LogP contribution in [-0.4, -0.2) is 19.1 Å². The topological polar surface area (TPSA) is 64.3 Å². The highest BCUT2D eigenvalue weighted by Gasteiger charge is 1.99. The van der Waals surface area contributed by atoms with Gasteiger partial charge in [-0.2, -0.15) is 0 Å². The van der Waals surface area contributed by atoms with E-state index in [4.69, 9.17) is 10.5 Å². The van der Waals surface area contributed by atoms with Crippen molar-refractivity contribution in [2.75, 3.05) is 18.5 Å². The molecule has 0 saturated heterocycles. The highest BCUT2D eigenvalue weighted by Crippen LogP contribution is 2.17. The van der Waals surface area contributed by atoms with E-state index >= 15 is 0 Å². The summed E-state index contributed by atoms with van der Waals surface area (Å²) in [6, 6.07) is 7.59. The fourth-order valence-corrected chi connectivity index (χ4v) is 1.81. The normalized spacial score (nSPS) is 10.2. The van der Waals surface area contributed by atoms with Crippen LogP contribution in [0.1, 0.15) is 39.0 Å². The molecule has 0 bridgehead atoms. The maximum absolute atomic E-state index is 10.6. The van der Waals surface area contributed by atoms with Crippen LogP contribution in [0.2, 0.25) is 0 Å². The Morgan fingerprint density at radius 1 is 1.26 bits per heavy atom. The Morgan fingerprint density at radius 3 is 2.79 bits per heavy atom. The van der Waals surface area contributed by atoms with Gasteiger partial charge in [-0.3, -0.25) is 4.79 Å². The summed E-state index contributed by atoms with van der Waals surface area (Å²) in [5.41, 5.74) is 6.05. The molecule has 1 aromatic rings. The lowest BCUT2D eigenvalue weighted by atomic mass is 10.1. The number of hydrogen-bond acceptors (Lipinski definition) is 3. The molecule has 19 heavy (non-hydrogen) atoms. The van der Waals surface area contributed by atoms with Crippen LogP contribution in [0.15, 0.2) is 24.3 Å². The predicted octanol–water partition coefficient (Wildman–Crippen LogP) is 2.93. The molecular formula is C15H24N2O2. The second kappa shape index (κ2) is 9.25. The Hall–Kier alpha value is -1.71. The Labute approximate surface area is 115 Å². The van der Waals surface area contributed by atoms with Crippen molar-refractivity contribution in [3.63, 3.8) is 0 Å². The van der Waals surface area contributed by atoms with Gasteiger partial charge in [-0.15, -0.1) is 0 Å². The number of ether oxygens (including phenoxy) is 1. The zero-order chi connectivity index (χ0) is 13.9. The van der Waals surface area contributed by atoms with Crippen molar-refractivity contribution in [1.29, 1.82) is 0 Å². The molecule has 0 unspecified atom stereocenters. The number of carbonyl (C=O) groups excluding carboxylic acids is 1. The van der Waals surface area contributed by atoms with E-state index in [1.54, 1.807) is 0 Å². The van der Waals surface area contributed by atoms with Gasteiger partial charge >= 0.3 is 0 Å². The molecule has 4 nitrogen and oxygen atoms in total. The quantitative estimate of drug-likeness (QED) is 0.639. The standard InChI is InChI=1S/C15H24N2O2/c1-2-3-4-5-6-10-17-13-8-7-9-14(11-13)19-12-15(16)18/h7-9,11,17H,2-6,10,12H2,1H3,(H2,16,18). The average molecular weight is 264 g/mol. The third-order valence-corrected chi connectivity index (χ3v) is 2.82. The van der Waals surface area contributed by atoms with Crippen LogP contribution in [0, 0.1) is 0 Å². The molecule has 0 heterocycles. The molecule has 0 aliphatic carbocycles. The van der Waals surface area contributed by atoms with E-state index in [0.29, 0.717) is 5.75 Å². The van der Waals surface area contributed by atoms with E-state index in [1.807, 2.05) is 24.3 Å². The lowest BCUT2D eigenvalue weighted by Gasteiger charge is -2.09. The summed E-state index contributed by atoms with van der Waals surface area (Å²) in [7, 11) is 0. The minimum atomic E-state index is -0.464. The molecule has 106 valence electrons. The van der Waals surface area contributed by atoms with Crippen LogP contribution in [0.25, 0.3) is 0 Å². The molecular weight excluding hydrogens is 240 g/mol. The summed E-state index contributed by atoms with van der Waals surface area (Å²) in [5.74, 6) is 0.198. The minimum absolute atomic E-state index is 0.0829. The molecule has 0 aliphatic heterocycles. The van der Waals surface area contributed by atoms with Crippen molar-refractivity contribution in [3.8, 4) is 5.75 Å². The highest BCUT2D eigenvalue weighted by atomic mass is 16.5. The maximum atomic E-state index is 10.6. The van der Waals surface area contributed by atoms with Crippen molar-refractivity contribution < 1.29 is 9.53 Å². The van der Waals surface area contributed by atoms with Gasteiger partial charge in [0.1, 0.15) is 5.75 Å². The second-order valence-corrected chi connectivity index (χ2v) is 4.62. The monoisotopic (exact) mass is 264 g/mol. The Bertz CT molecular complexity index is 380. The zero-order valence-electron chi connectivity index (χ0n) is 11.7. The zero-order valence-corrected chi connectivity index (χ0v) is 11.7. The van der Waals surface area contributed by atoms with Gasteiger partial charge in [0.2, 0.25) is 0 Å². The first-order valence-corrected chi connectivity index (χ1v) is 6.97. The minimum Gasteiger partial charge on any atom is -0.484 e. The lowest BCUT2D eigenvalue weighted by molar-refractivity contribution is -0.119. The predicted molar refractivity (Wildman–Crippen MR) is 78.4 cm³/mol. The van der Waals surface area contributed by atoms with Gasteiger partial charge in [-0.1, -0.05) is 38.7 Å². The Balaban J connectivity index is 2.25. The molecule has 1 aromatic carbocycles. The summed E-state index contributed by atoms with van der Waals surface area (Å²) >= 11 is 0. The van der Waals surface area contributed by atoms with Crippen LogP contribution in [-0.2, 0) is 4.79 Å². The first-order chi connectivity index (χ1) is 9.22.